The van der Waals surface area contributed by atoms with Crippen LogP contribution >= 0.6 is 0 Å². The first-order valence-electron chi connectivity index (χ1n) is 4.81. The zero-order chi connectivity index (χ0) is 9.80. The molecular weight excluding hydrogens is 285 g/mol. The topological polar surface area (TPSA) is 12.5 Å². The van der Waals surface area contributed by atoms with E-state index in [4.69, 9.17) is 4.74 Å². The average molecular weight is 298 g/mol. The second-order valence-electron chi connectivity index (χ2n) is 3.42. The quantitative estimate of drug-likeness (QED) is 0.466. The molecule has 84 valence electrons. The van der Waals surface area contributed by atoms with Crippen LogP contribution in [0.1, 0.15) is 5.56 Å². The summed E-state index contributed by atoms with van der Waals surface area (Å²) in [5, 5.41) is 0. The van der Waals surface area contributed by atoms with Crippen LogP contribution in [0.5, 0.6) is 0 Å². The number of hydrogen-bond donors (Lipinski definition) is 0. The van der Waals surface area contributed by atoms with Gasteiger partial charge in [0.2, 0.25) is 0 Å². The van der Waals surface area contributed by atoms with E-state index in [1.54, 1.807) is 6.07 Å². The Hall–Kier alpha value is 0.316. The molecule has 2 nitrogen and oxygen atoms in total. The molecule has 0 saturated carbocycles. The number of rotatable bonds is 2. The van der Waals surface area contributed by atoms with Gasteiger partial charge in [0.15, 0.2) is 0 Å². The number of halogens is 2. The molecule has 0 atom stereocenters. The molecule has 16 heavy (non-hydrogen) atoms. The Labute approximate surface area is 122 Å². The van der Waals surface area contributed by atoms with Gasteiger partial charge in [-0.2, -0.15) is 12.1 Å². The van der Waals surface area contributed by atoms with Crippen molar-refractivity contribution in [1.29, 1.82) is 0 Å². The molecule has 0 aromatic heterocycles. The largest absolute Gasteiger partial charge is 2.00 e. The van der Waals surface area contributed by atoms with E-state index >= 15 is 0 Å². The summed E-state index contributed by atoms with van der Waals surface area (Å²) >= 11 is 0. The van der Waals surface area contributed by atoms with Crippen molar-refractivity contribution in [2.45, 2.75) is 6.54 Å². The van der Waals surface area contributed by atoms with E-state index in [1.165, 1.54) is 12.1 Å². The first kappa shape index (κ1) is 16.3. The van der Waals surface area contributed by atoms with Crippen molar-refractivity contribution in [3.05, 3.63) is 35.6 Å². The summed E-state index contributed by atoms with van der Waals surface area (Å²) in [5.74, 6) is -0.188. The van der Waals surface area contributed by atoms with Crippen LogP contribution in [0.4, 0.5) is 4.39 Å². The van der Waals surface area contributed by atoms with Crippen LogP contribution in [-0.4, -0.2) is 54.3 Å². The van der Waals surface area contributed by atoms with Crippen molar-refractivity contribution in [2.75, 3.05) is 26.3 Å². The van der Waals surface area contributed by atoms with Crippen molar-refractivity contribution < 1.29 is 26.1 Å². The fourth-order valence-electron chi connectivity index (χ4n) is 1.58. The molecule has 1 aromatic rings. The SMILES string of the molecule is Fc1cc[c-]c(CN2CCOCC2)c1.[Br-].[Mg+2]. The molecule has 5 heteroatoms. The Morgan fingerprint density at radius 1 is 1.38 bits per heavy atom. The van der Waals surface area contributed by atoms with E-state index in [9.17, 15) is 4.39 Å². The third-order valence-corrected chi connectivity index (χ3v) is 2.32. The number of morpholine rings is 1. The molecule has 1 aliphatic heterocycles. The minimum Gasteiger partial charge on any atom is -1.00 e. The maximum Gasteiger partial charge on any atom is 2.00 e. The second kappa shape index (κ2) is 8.41. The summed E-state index contributed by atoms with van der Waals surface area (Å²) in [7, 11) is 0. The van der Waals surface area contributed by atoms with Crippen LogP contribution < -0.4 is 17.0 Å². The van der Waals surface area contributed by atoms with Crippen LogP contribution in [-0.2, 0) is 11.3 Å². The molecule has 1 heterocycles. The molecule has 0 amide bonds. The molecule has 0 radical (unpaired) electrons. The van der Waals surface area contributed by atoms with Gasteiger partial charge in [-0.05, 0) is 0 Å². The van der Waals surface area contributed by atoms with Crippen molar-refractivity contribution in [2.24, 2.45) is 0 Å². The Morgan fingerprint density at radius 2 is 2.06 bits per heavy atom. The molecule has 0 aliphatic carbocycles. The summed E-state index contributed by atoms with van der Waals surface area (Å²) in [4.78, 5) is 2.24. The number of benzene rings is 1. The number of hydrogen-bond acceptors (Lipinski definition) is 2. The fraction of sp³-hybridized carbons (Fsp3) is 0.455. The van der Waals surface area contributed by atoms with E-state index in [2.05, 4.69) is 11.0 Å². The summed E-state index contributed by atoms with van der Waals surface area (Å²) < 4.78 is 18.1. The Balaban J connectivity index is 0.00000112. The Bertz CT molecular complexity index is 308. The maximum atomic E-state index is 12.9. The van der Waals surface area contributed by atoms with Gasteiger partial charge in [-0.3, -0.25) is 4.90 Å². The van der Waals surface area contributed by atoms with Crippen LogP contribution in [0, 0.1) is 11.9 Å². The summed E-state index contributed by atoms with van der Waals surface area (Å²) in [5.41, 5.74) is 0.909. The van der Waals surface area contributed by atoms with Crippen LogP contribution in [0.2, 0.25) is 0 Å². The average Bonchev–Trinajstić information content (AvgIpc) is 2.19. The molecular formula is C11H13BrFMgNO. The normalized spacial score (nSPS) is 16.1. The zero-order valence-corrected chi connectivity index (χ0v) is 12.1. The molecule has 1 saturated heterocycles. The van der Waals surface area contributed by atoms with Crippen LogP contribution in [0.25, 0.3) is 0 Å². The van der Waals surface area contributed by atoms with Crippen molar-refractivity contribution in [3.8, 4) is 0 Å². The molecule has 0 unspecified atom stereocenters. The first-order chi connectivity index (χ1) is 6.84. The third kappa shape index (κ3) is 5.10. The summed E-state index contributed by atoms with van der Waals surface area (Å²) in [6, 6.07) is 7.62. The van der Waals surface area contributed by atoms with Gasteiger partial charge in [-0.1, -0.05) is 0 Å². The zero-order valence-electron chi connectivity index (χ0n) is 9.09. The monoisotopic (exact) mass is 297 g/mol. The van der Waals surface area contributed by atoms with Gasteiger partial charge < -0.3 is 21.7 Å². The van der Waals surface area contributed by atoms with Crippen molar-refractivity contribution in [1.82, 2.24) is 4.90 Å². The van der Waals surface area contributed by atoms with Gasteiger partial charge in [-0.15, -0.1) is 17.7 Å². The predicted octanol–water partition coefficient (Wildman–Crippen LogP) is -1.92. The molecule has 0 N–H and O–H groups in total. The van der Waals surface area contributed by atoms with Crippen LogP contribution in [0.15, 0.2) is 18.2 Å². The maximum absolute atomic E-state index is 12.9. The van der Waals surface area contributed by atoms with Crippen molar-refractivity contribution in [3.63, 3.8) is 0 Å². The molecule has 1 fully saturated rings. The van der Waals surface area contributed by atoms with Gasteiger partial charge in [0.1, 0.15) is 0 Å². The van der Waals surface area contributed by atoms with Gasteiger partial charge in [-0.25, -0.2) is 4.39 Å². The van der Waals surface area contributed by atoms with E-state index < -0.39 is 0 Å². The van der Waals surface area contributed by atoms with Crippen molar-refractivity contribution >= 4 is 23.1 Å². The van der Waals surface area contributed by atoms with Gasteiger partial charge >= 0.3 is 23.1 Å². The molecule has 1 aliphatic rings. The third-order valence-electron chi connectivity index (χ3n) is 2.32. The number of ether oxygens (including phenoxy) is 1. The Kier molecular flexibility index (Phi) is 8.58. The van der Waals surface area contributed by atoms with E-state index in [0.29, 0.717) is 0 Å². The minimum absolute atomic E-state index is 0. The molecule has 1 aromatic carbocycles. The summed E-state index contributed by atoms with van der Waals surface area (Å²) in [6.45, 7) is 4.15. The standard InChI is InChI=1S/C11H13FNO.BrH.Mg/c12-11-3-1-2-10(8-11)9-13-4-6-14-7-5-13;;/h1,3,8H,4-7,9H2;1H;/q-1;;+2/p-1. The second-order valence-corrected chi connectivity index (χ2v) is 3.42. The van der Waals surface area contributed by atoms with E-state index in [-0.39, 0.29) is 45.9 Å². The number of nitrogens with zero attached hydrogens (tertiary/aromatic N) is 1. The Morgan fingerprint density at radius 3 is 2.69 bits per heavy atom. The van der Waals surface area contributed by atoms with Crippen LogP contribution in [0.3, 0.4) is 0 Å². The van der Waals surface area contributed by atoms with Gasteiger partial charge in [0.05, 0.1) is 13.2 Å². The fourth-order valence-corrected chi connectivity index (χ4v) is 1.58. The van der Waals surface area contributed by atoms with Gasteiger partial charge in [0, 0.05) is 25.5 Å². The molecule has 2 rings (SSSR count). The van der Waals surface area contributed by atoms with E-state index in [1.807, 2.05) is 0 Å². The predicted molar refractivity (Wildman–Crippen MR) is 57.1 cm³/mol. The minimum atomic E-state index is -0.188. The first-order valence-corrected chi connectivity index (χ1v) is 4.81. The summed E-state index contributed by atoms with van der Waals surface area (Å²) in [6.07, 6.45) is 0. The van der Waals surface area contributed by atoms with E-state index in [0.717, 1.165) is 38.4 Å². The molecule has 0 spiro atoms. The van der Waals surface area contributed by atoms with Gasteiger partial charge in [0.25, 0.3) is 0 Å². The molecule has 0 bridgehead atoms. The smallest absolute Gasteiger partial charge is 1.00 e.